The molecule has 188 valence electrons. The molecule has 3 aromatic carbocycles. The third kappa shape index (κ3) is 5.04. The fourth-order valence-electron chi connectivity index (χ4n) is 4.33. The lowest BCUT2D eigenvalue weighted by atomic mass is 10.1. The smallest absolute Gasteiger partial charge is 0.269 e. The maximum Gasteiger partial charge on any atom is 0.269 e. The molecule has 0 saturated carbocycles. The molecule has 3 aromatic rings. The van der Waals surface area contributed by atoms with Gasteiger partial charge in [-0.15, -0.1) is 0 Å². The molecule has 0 bridgehead atoms. The molecular formula is C29H28N4O2S2. The number of para-hydroxylation sites is 1. The highest BCUT2D eigenvalue weighted by molar-refractivity contribution is 8.19. The molecule has 0 radical (unpaired) electrons. The average Bonchev–Trinajstić information content (AvgIpc) is 3.43. The Morgan fingerprint density at radius 3 is 2.43 bits per heavy atom. The normalized spacial score (nSPS) is 18.0. The van der Waals surface area contributed by atoms with E-state index in [4.69, 9.17) is 4.99 Å². The van der Waals surface area contributed by atoms with Crippen molar-refractivity contribution in [3.63, 3.8) is 0 Å². The molecule has 8 heteroatoms. The van der Waals surface area contributed by atoms with Crippen LogP contribution in [0.2, 0.25) is 0 Å². The molecule has 37 heavy (non-hydrogen) atoms. The Hall–Kier alpha value is -3.49. The highest BCUT2D eigenvalue weighted by Gasteiger charge is 2.39. The molecule has 2 aliphatic rings. The Morgan fingerprint density at radius 1 is 0.946 bits per heavy atom. The number of anilines is 2. The van der Waals surface area contributed by atoms with E-state index in [1.165, 1.54) is 11.8 Å². The summed E-state index contributed by atoms with van der Waals surface area (Å²) in [5, 5.41) is 4.87. The van der Waals surface area contributed by atoms with Gasteiger partial charge in [-0.25, -0.2) is 4.99 Å². The first-order chi connectivity index (χ1) is 18.0. The summed E-state index contributed by atoms with van der Waals surface area (Å²) in [5.41, 5.74) is 4.20. The standard InChI is InChI=1S/C29H28N4O2S2/c1-4-30-22-16-15-21(19(3)34)17-23(22)31-29-33(18-20-11-7-6-8-12-20)27(35)26(37-29)28-32(5-2)24-13-9-10-14-25(24)36-28/h6-17,30H,4-5,18H2,1-3H3/b28-26-,31-29?. The van der Waals surface area contributed by atoms with Crippen LogP contribution in [0.25, 0.3) is 0 Å². The van der Waals surface area contributed by atoms with Gasteiger partial charge in [0.25, 0.3) is 5.91 Å². The Labute approximate surface area is 225 Å². The molecule has 0 unspecified atom stereocenters. The number of nitrogens with zero attached hydrogens (tertiary/aromatic N) is 3. The van der Waals surface area contributed by atoms with Crippen molar-refractivity contribution < 1.29 is 9.59 Å². The van der Waals surface area contributed by atoms with E-state index in [0.29, 0.717) is 34.4 Å². The van der Waals surface area contributed by atoms with Crippen LogP contribution < -0.4 is 10.2 Å². The van der Waals surface area contributed by atoms with Gasteiger partial charge in [0.2, 0.25) is 0 Å². The summed E-state index contributed by atoms with van der Waals surface area (Å²) in [6.07, 6.45) is 0. The molecule has 1 saturated heterocycles. The summed E-state index contributed by atoms with van der Waals surface area (Å²) < 4.78 is 0. The second-order valence-electron chi connectivity index (χ2n) is 8.64. The first kappa shape index (κ1) is 25.2. The number of amidine groups is 1. The number of rotatable bonds is 7. The van der Waals surface area contributed by atoms with E-state index in [1.807, 2.05) is 55.5 Å². The topological polar surface area (TPSA) is 65.0 Å². The minimum absolute atomic E-state index is 0.0256. The van der Waals surface area contributed by atoms with Gasteiger partial charge in [0.1, 0.15) is 9.93 Å². The van der Waals surface area contributed by atoms with Crippen molar-refractivity contribution in [2.24, 2.45) is 4.99 Å². The van der Waals surface area contributed by atoms with Crippen LogP contribution in [0.15, 0.2) is 92.6 Å². The van der Waals surface area contributed by atoms with Crippen LogP contribution in [-0.4, -0.2) is 34.8 Å². The second kappa shape index (κ2) is 10.9. The SMILES string of the molecule is CCNc1ccc(C(C)=O)cc1N=C1S/C(=C2\Sc3ccccc3N2CC)C(=O)N1Cc1ccccc1. The molecule has 1 fully saturated rings. The van der Waals surface area contributed by atoms with Crippen molar-refractivity contribution in [2.75, 3.05) is 23.3 Å². The number of carbonyl (C=O) groups excluding carboxylic acids is 2. The third-order valence-corrected chi connectivity index (χ3v) is 8.53. The molecule has 0 atom stereocenters. The highest BCUT2D eigenvalue weighted by Crippen LogP contribution is 2.51. The van der Waals surface area contributed by atoms with E-state index >= 15 is 0 Å². The fraction of sp³-hybridized carbons (Fsp3) is 0.207. The van der Waals surface area contributed by atoms with Gasteiger partial charge in [-0.3, -0.25) is 14.5 Å². The summed E-state index contributed by atoms with van der Waals surface area (Å²) in [4.78, 5) is 36.8. The molecule has 0 aliphatic carbocycles. The number of hydrogen-bond acceptors (Lipinski definition) is 7. The molecule has 5 rings (SSSR count). The largest absolute Gasteiger partial charge is 0.384 e. The van der Waals surface area contributed by atoms with Crippen molar-refractivity contribution in [1.82, 2.24) is 4.90 Å². The number of amides is 1. The lowest BCUT2D eigenvalue weighted by Crippen LogP contribution is -2.29. The van der Waals surface area contributed by atoms with Gasteiger partial charge < -0.3 is 10.2 Å². The van der Waals surface area contributed by atoms with E-state index in [9.17, 15) is 9.59 Å². The molecule has 2 aliphatic heterocycles. The van der Waals surface area contributed by atoms with Gasteiger partial charge in [-0.2, -0.15) is 0 Å². The van der Waals surface area contributed by atoms with E-state index < -0.39 is 0 Å². The van der Waals surface area contributed by atoms with Crippen molar-refractivity contribution in [2.45, 2.75) is 32.2 Å². The van der Waals surface area contributed by atoms with E-state index in [1.54, 1.807) is 35.7 Å². The summed E-state index contributed by atoms with van der Waals surface area (Å²) >= 11 is 3.03. The summed E-state index contributed by atoms with van der Waals surface area (Å²) in [7, 11) is 0. The van der Waals surface area contributed by atoms with Gasteiger partial charge in [0.05, 0.1) is 23.6 Å². The minimum Gasteiger partial charge on any atom is -0.384 e. The third-order valence-electron chi connectivity index (χ3n) is 6.15. The van der Waals surface area contributed by atoms with Crippen molar-refractivity contribution >= 4 is 57.4 Å². The van der Waals surface area contributed by atoms with Gasteiger partial charge >= 0.3 is 0 Å². The van der Waals surface area contributed by atoms with Crippen LogP contribution >= 0.6 is 23.5 Å². The first-order valence-electron chi connectivity index (χ1n) is 12.3. The van der Waals surface area contributed by atoms with E-state index in [0.717, 1.165) is 33.4 Å². The van der Waals surface area contributed by atoms with Crippen LogP contribution in [-0.2, 0) is 11.3 Å². The van der Waals surface area contributed by atoms with E-state index in [2.05, 4.69) is 29.3 Å². The molecule has 2 heterocycles. The molecule has 0 aromatic heterocycles. The molecule has 0 spiro atoms. The number of thioether (sulfide) groups is 2. The van der Waals surface area contributed by atoms with Crippen LogP contribution in [0.5, 0.6) is 0 Å². The van der Waals surface area contributed by atoms with Crippen molar-refractivity contribution in [1.29, 1.82) is 0 Å². The monoisotopic (exact) mass is 528 g/mol. The Balaban J connectivity index is 1.61. The molecular weight excluding hydrogens is 500 g/mol. The maximum absolute atomic E-state index is 14.0. The predicted molar refractivity (Wildman–Crippen MR) is 155 cm³/mol. The highest BCUT2D eigenvalue weighted by atomic mass is 32.2. The van der Waals surface area contributed by atoms with Crippen LogP contribution in [0, 0.1) is 0 Å². The van der Waals surface area contributed by atoms with Gasteiger partial charge in [-0.05, 0) is 68.4 Å². The Morgan fingerprint density at radius 2 is 1.70 bits per heavy atom. The summed E-state index contributed by atoms with van der Waals surface area (Å²) in [6, 6.07) is 23.6. The zero-order chi connectivity index (χ0) is 25.9. The first-order valence-corrected chi connectivity index (χ1v) is 13.9. The summed E-state index contributed by atoms with van der Waals surface area (Å²) in [5.74, 6) is -0.0867. The fourth-order valence-corrected chi connectivity index (χ4v) is 6.71. The Bertz CT molecular complexity index is 1420. The van der Waals surface area contributed by atoms with Crippen LogP contribution in [0.4, 0.5) is 17.1 Å². The second-order valence-corrected chi connectivity index (χ2v) is 10.6. The zero-order valence-electron chi connectivity index (χ0n) is 21.0. The van der Waals surface area contributed by atoms with Crippen LogP contribution in [0.3, 0.4) is 0 Å². The molecule has 1 amide bonds. The van der Waals surface area contributed by atoms with Gasteiger partial charge in [-0.1, -0.05) is 54.2 Å². The molecule has 6 nitrogen and oxygen atoms in total. The lowest BCUT2D eigenvalue weighted by Gasteiger charge is -2.19. The number of Topliss-reactive ketones (excluding diaryl/α,β-unsaturated/α-hetero) is 1. The lowest BCUT2D eigenvalue weighted by molar-refractivity contribution is -0.122. The van der Waals surface area contributed by atoms with Gasteiger partial charge in [0, 0.05) is 23.5 Å². The Kier molecular flexibility index (Phi) is 7.39. The number of nitrogens with one attached hydrogen (secondary N) is 1. The molecule has 1 N–H and O–H groups in total. The minimum atomic E-state index is -0.0610. The summed E-state index contributed by atoms with van der Waals surface area (Å²) in [6.45, 7) is 7.54. The number of hydrogen-bond donors (Lipinski definition) is 1. The van der Waals surface area contributed by atoms with Gasteiger partial charge in [0.15, 0.2) is 11.0 Å². The number of benzene rings is 3. The van der Waals surface area contributed by atoms with Crippen molar-refractivity contribution in [3.05, 3.63) is 93.9 Å². The van der Waals surface area contributed by atoms with Crippen molar-refractivity contribution in [3.8, 4) is 0 Å². The zero-order valence-corrected chi connectivity index (χ0v) is 22.7. The quantitative estimate of drug-likeness (QED) is 0.266. The average molecular weight is 529 g/mol. The number of carbonyl (C=O) groups is 2. The number of aliphatic imine (C=N–C) groups is 1. The number of ketones is 1. The van der Waals surface area contributed by atoms with Crippen LogP contribution in [0.1, 0.15) is 36.7 Å². The number of fused-ring (bicyclic) bond motifs is 1. The maximum atomic E-state index is 14.0. The van der Waals surface area contributed by atoms with E-state index in [-0.39, 0.29) is 11.7 Å². The predicted octanol–water partition coefficient (Wildman–Crippen LogP) is 6.89.